The molecular formula is C27H31BrF4N4O. The molecule has 10 heteroatoms. The number of hydrogen-bond acceptors (Lipinski definition) is 5. The molecule has 37 heavy (non-hydrogen) atoms. The van der Waals surface area contributed by atoms with Crippen molar-refractivity contribution in [2.24, 2.45) is 0 Å². The van der Waals surface area contributed by atoms with Gasteiger partial charge in [-0.15, -0.1) is 0 Å². The van der Waals surface area contributed by atoms with Crippen molar-refractivity contribution in [3.63, 3.8) is 0 Å². The van der Waals surface area contributed by atoms with E-state index in [1.54, 1.807) is 36.7 Å². The monoisotopic (exact) mass is 582 g/mol. The largest absolute Gasteiger partial charge is 0.478 e. The minimum absolute atomic E-state index is 0. The Morgan fingerprint density at radius 3 is 1.54 bits per heavy atom. The third-order valence-electron chi connectivity index (χ3n) is 6.96. The molecule has 0 radical (unpaired) electrons. The molecule has 0 amide bonds. The predicted octanol–water partition coefficient (Wildman–Crippen LogP) is 7.90. The number of nitriles is 2. The molecule has 200 valence electrons. The Balaban J connectivity index is 0.000000255. The Morgan fingerprint density at radius 2 is 1.22 bits per heavy atom. The van der Waals surface area contributed by atoms with Crippen LogP contribution in [0.3, 0.4) is 0 Å². The molecule has 0 unspecified atom stereocenters. The van der Waals surface area contributed by atoms with Gasteiger partial charge in [-0.3, -0.25) is 0 Å². The molecule has 2 aromatic rings. The fraction of sp³-hybridized carbons (Fsp3) is 0.556. The topological polar surface area (TPSA) is 82.6 Å². The van der Waals surface area contributed by atoms with Gasteiger partial charge < -0.3 is 4.74 Å². The maximum Gasteiger partial charge on any atom is 0.248 e. The van der Waals surface area contributed by atoms with Crippen molar-refractivity contribution < 1.29 is 22.3 Å². The summed E-state index contributed by atoms with van der Waals surface area (Å²) in [6, 6.07) is 11.4. The first-order valence-corrected chi connectivity index (χ1v) is 12.6. The molecule has 2 aliphatic rings. The van der Waals surface area contributed by atoms with Gasteiger partial charge in [-0.2, -0.15) is 10.5 Å². The normalized spacial score (nSPS) is 20.5. The summed E-state index contributed by atoms with van der Waals surface area (Å²) in [5.41, 5.74) is -0.193. The van der Waals surface area contributed by atoms with Gasteiger partial charge in [-0.25, -0.2) is 27.5 Å². The molecule has 0 N–H and O–H groups in total. The minimum atomic E-state index is -2.64. The molecule has 0 bridgehead atoms. The molecule has 0 spiro atoms. The number of hydrogen-bond donors (Lipinski definition) is 0. The van der Waals surface area contributed by atoms with Crippen molar-refractivity contribution in [3.8, 4) is 18.0 Å². The lowest BCUT2D eigenvalue weighted by Crippen LogP contribution is -2.35. The van der Waals surface area contributed by atoms with Gasteiger partial charge in [0, 0.05) is 44.1 Å². The zero-order valence-corrected chi connectivity index (χ0v) is 21.5. The molecule has 2 aromatic heterocycles. The molecule has 5 nitrogen and oxygen atoms in total. The van der Waals surface area contributed by atoms with Crippen molar-refractivity contribution in [1.29, 1.82) is 10.5 Å². The van der Waals surface area contributed by atoms with Crippen molar-refractivity contribution >= 4 is 15.9 Å². The summed E-state index contributed by atoms with van der Waals surface area (Å²) in [5.74, 6) is -4.78. The van der Waals surface area contributed by atoms with Crippen LogP contribution in [0.4, 0.5) is 17.6 Å². The second-order valence-electron chi connectivity index (χ2n) is 9.29. The van der Waals surface area contributed by atoms with Crippen LogP contribution in [0.5, 0.6) is 5.88 Å². The van der Waals surface area contributed by atoms with E-state index in [0.29, 0.717) is 22.7 Å². The average molecular weight is 583 g/mol. The second-order valence-corrected chi connectivity index (χ2v) is 10.1. The second kappa shape index (κ2) is 12.2. The molecular weight excluding hydrogens is 552 g/mol. The molecule has 2 aliphatic carbocycles. The molecule has 2 heterocycles. The third kappa shape index (κ3) is 7.41. The third-order valence-corrected chi connectivity index (χ3v) is 7.43. The number of pyridine rings is 2. The molecule has 0 saturated heterocycles. The quantitative estimate of drug-likeness (QED) is 0.270. The summed E-state index contributed by atoms with van der Waals surface area (Å²) in [5, 5.41) is 18.7. The fourth-order valence-corrected chi connectivity index (χ4v) is 4.81. The zero-order chi connectivity index (χ0) is 26.5. The highest BCUT2D eigenvalue weighted by atomic mass is 79.9. The van der Waals surface area contributed by atoms with Crippen LogP contribution >= 0.6 is 15.9 Å². The molecule has 2 fully saturated rings. The maximum absolute atomic E-state index is 13.2. The standard InChI is InChI=1S/C14H16F2N2O.C12H11BrF2N2.CH4/c1-2-19-12-4-3-11(9-18-12)13(10-17)5-7-14(15,16)8-6-13;13-10-2-1-9(7-17-10)11(8-16)3-5-12(14,15)6-4-11;/h3-4,9H,2,5-8H2,1H3;1-2,7H,3-6H2;1H4. The summed E-state index contributed by atoms with van der Waals surface area (Å²) in [4.78, 5) is 8.17. The first-order chi connectivity index (χ1) is 17.0. The van der Waals surface area contributed by atoms with Crippen LogP contribution in [0, 0.1) is 22.7 Å². The van der Waals surface area contributed by atoms with E-state index < -0.39 is 22.7 Å². The van der Waals surface area contributed by atoms with Gasteiger partial charge in [0.1, 0.15) is 4.60 Å². The van der Waals surface area contributed by atoms with E-state index in [1.807, 2.05) is 6.92 Å². The van der Waals surface area contributed by atoms with Gasteiger partial charge in [0.05, 0.1) is 29.6 Å². The van der Waals surface area contributed by atoms with E-state index in [0.717, 1.165) is 5.56 Å². The van der Waals surface area contributed by atoms with Gasteiger partial charge in [0.25, 0.3) is 0 Å². The zero-order valence-electron chi connectivity index (χ0n) is 19.9. The highest BCUT2D eigenvalue weighted by Crippen LogP contribution is 2.46. The van der Waals surface area contributed by atoms with Crippen LogP contribution in [-0.4, -0.2) is 28.4 Å². The van der Waals surface area contributed by atoms with E-state index in [1.165, 1.54) is 0 Å². The number of aromatic nitrogens is 2. The van der Waals surface area contributed by atoms with Gasteiger partial charge >= 0.3 is 0 Å². The van der Waals surface area contributed by atoms with Gasteiger partial charge in [0.2, 0.25) is 17.7 Å². The van der Waals surface area contributed by atoms with E-state index in [2.05, 4.69) is 38.0 Å². The summed E-state index contributed by atoms with van der Waals surface area (Å²) in [7, 11) is 0. The lowest BCUT2D eigenvalue weighted by molar-refractivity contribution is -0.0459. The summed E-state index contributed by atoms with van der Waals surface area (Å²) in [6.07, 6.45) is 2.96. The van der Waals surface area contributed by atoms with Gasteiger partial charge in [-0.1, -0.05) is 19.6 Å². The first-order valence-electron chi connectivity index (χ1n) is 11.8. The van der Waals surface area contributed by atoms with Gasteiger partial charge in [-0.05, 0) is 65.7 Å². The first kappa shape index (κ1) is 30.5. The Labute approximate surface area is 224 Å². The Kier molecular flexibility index (Phi) is 10.1. The van der Waals surface area contributed by atoms with E-state index in [4.69, 9.17) is 4.74 Å². The number of ether oxygens (including phenoxy) is 1. The van der Waals surface area contributed by atoms with Crippen molar-refractivity contribution in [2.45, 2.75) is 88.4 Å². The van der Waals surface area contributed by atoms with Crippen LogP contribution in [-0.2, 0) is 10.8 Å². The smallest absolute Gasteiger partial charge is 0.248 e. The number of alkyl halides is 4. The number of nitrogens with zero attached hydrogens (tertiary/aromatic N) is 4. The molecule has 0 aliphatic heterocycles. The van der Waals surface area contributed by atoms with E-state index >= 15 is 0 Å². The molecule has 0 atom stereocenters. The number of rotatable bonds is 4. The summed E-state index contributed by atoms with van der Waals surface area (Å²) < 4.78 is 58.6. The van der Waals surface area contributed by atoms with Crippen molar-refractivity contribution in [2.75, 3.05) is 6.61 Å². The highest BCUT2D eigenvalue weighted by Gasteiger charge is 2.45. The van der Waals surface area contributed by atoms with Crippen LogP contribution in [0.2, 0.25) is 0 Å². The Morgan fingerprint density at radius 1 is 0.784 bits per heavy atom. The molecule has 0 aromatic carbocycles. The Bertz CT molecular complexity index is 1090. The lowest BCUT2D eigenvalue weighted by Gasteiger charge is -2.34. The number of halogens is 5. The predicted molar refractivity (Wildman–Crippen MR) is 135 cm³/mol. The van der Waals surface area contributed by atoms with Crippen molar-refractivity contribution in [1.82, 2.24) is 9.97 Å². The lowest BCUT2D eigenvalue weighted by atomic mass is 9.70. The van der Waals surface area contributed by atoms with E-state index in [9.17, 15) is 28.1 Å². The minimum Gasteiger partial charge on any atom is -0.478 e. The SMILES string of the molecule is C.CCOc1ccc(C2(C#N)CCC(F)(F)CC2)cn1.N#CC1(c2ccc(Br)nc2)CCC(F)(F)CC1. The Hall–Kier alpha value is -2.72. The maximum atomic E-state index is 13.2. The molecule has 2 saturated carbocycles. The fourth-order valence-electron chi connectivity index (χ4n) is 4.57. The van der Waals surface area contributed by atoms with Crippen LogP contribution in [0.25, 0.3) is 0 Å². The van der Waals surface area contributed by atoms with Crippen LogP contribution in [0.1, 0.15) is 76.8 Å². The summed E-state index contributed by atoms with van der Waals surface area (Å²) in [6.45, 7) is 2.37. The van der Waals surface area contributed by atoms with Crippen LogP contribution < -0.4 is 4.74 Å². The average Bonchev–Trinajstić information content (AvgIpc) is 2.87. The van der Waals surface area contributed by atoms with Crippen LogP contribution in [0.15, 0.2) is 41.3 Å². The van der Waals surface area contributed by atoms with E-state index in [-0.39, 0.29) is 58.8 Å². The molecule has 4 rings (SSSR count). The highest BCUT2D eigenvalue weighted by molar-refractivity contribution is 9.10. The van der Waals surface area contributed by atoms with Gasteiger partial charge in [0.15, 0.2) is 0 Å². The summed E-state index contributed by atoms with van der Waals surface area (Å²) >= 11 is 3.21. The van der Waals surface area contributed by atoms with Crippen molar-refractivity contribution in [3.05, 3.63) is 52.4 Å².